The van der Waals surface area contributed by atoms with Gasteiger partial charge in [0.2, 0.25) is 0 Å². The van der Waals surface area contributed by atoms with Crippen LogP contribution in [0.15, 0.2) is 349 Å². The van der Waals surface area contributed by atoms with Crippen LogP contribution >= 0.6 is 45.3 Å². The van der Waals surface area contributed by atoms with Gasteiger partial charge in [0.05, 0.1) is 56.4 Å². The molecule has 480 valence electrons. The second-order valence-corrected chi connectivity index (χ2v) is 29.6. The molecule has 0 saturated heterocycles. The number of aromatic nitrogens is 4. The average Bonchev–Trinajstić information content (AvgIpc) is 1.48. The molecule has 10 heteroatoms. The fraction of sp³-hybridized carbons (Fsp3) is 0.0217. The Morgan fingerprint density at radius 3 is 0.892 bits per heavy atom. The minimum absolute atomic E-state index is 0.348. The zero-order valence-electron chi connectivity index (χ0n) is 54.8. The Balaban J connectivity index is 0.000000138. The van der Waals surface area contributed by atoms with Gasteiger partial charge in [0.15, 0.2) is 11.6 Å². The van der Waals surface area contributed by atoms with Crippen LogP contribution in [0.2, 0.25) is 0 Å². The fourth-order valence-electron chi connectivity index (χ4n) is 16.2. The Kier molecular flexibility index (Phi) is 14.4. The van der Waals surface area contributed by atoms with Crippen LogP contribution in [0.1, 0.15) is 44.5 Å². The normalized spacial score (nSPS) is 13.4. The highest BCUT2D eigenvalue weighted by atomic mass is 32.1. The van der Waals surface area contributed by atoms with Gasteiger partial charge in [-0.2, -0.15) is 0 Å². The van der Waals surface area contributed by atoms with Gasteiger partial charge in [0.1, 0.15) is 0 Å². The van der Waals surface area contributed by atoms with E-state index in [0.717, 1.165) is 67.5 Å². The molecule has 0 amide bonds. The monoisotopic (exact) mass is 1370 g/mol. The van der Waals surface area contributed by atoms with Gasteiger partial charge < -0.3 is 9.80 Å². The molecule has 0 N–H and O–H groups in total. The van der Waals surface area contributed by atoms with Crippen LogP contribution in [0.25, 0.3) is 98.4 Å². The highest BCUT2D eigenvalue weighted by molar-refractivity contribution is 7.21. The first-order chi connectivity index (χ1) is 50.6. The number of nitrogens with zero attached hydrogens (tertiary/aromatic N) is 6. The molecule has 0 radical (unpaired) electrons. The SMILES string of the molecule is c1ccc(-c2cc(-c3cccc(N4c5ccccc5C5(c6ccccc64)c4ccsc4-c4sccc45)c3)nc(-c3ccccc3)n2)cc1.c1ccc(-c2ccc(-c3nc(-c4ccccc4)cc(-c4ccc(N5c6ccccc6C6(c7ccccc75)c5ccsc5-c5sccc56)cc4)n3)cc2)cc1. The largest absolute Gasteiger partial charge is 0.310 e. The molecule has 4 aliphatic rings. The van der Waals surface area contributed by atoms with Crippen molar-refractivity contribution in [1.82, 2.24) is 19.9 Å². The molecule has 21 rings (SSSR count). The lowest BCUT2D eigenvalue weighted by Crippen LogP contribution is -2.35. The summed E-state index contributed by atoms with van der Waals surface area (Å²) in [4.78, 5) is 30.9. The maximum absolute atomic E-state index is 5.17. The summed E-state index contributed by atoms with van der Waals surface area (Å²) in [6.07, 6.45) is 0. The van der Waals surface area contributed by atoms with E-state index in [4.69, 9.17) is 19.9 Å². The number of rotatable bonds is 9. The van der Waals surface area contributed by atoms with Gasteiger partial charge in [-0.1, -0.05) is 243 Å². The first kappa shape index (κ1) is 60.0. The van der Waals surface area contributed by atoms with E-state index in [-0.39, 0.29) is 10.8 Å². The second kappa shape index (κ2) is 24.4. The molecule has 17 aromatic rings. The Morgan fingerprint density at radius 2 is 0.490 bits per heavy atom. The third-order valence-electron chi connectivity index (χ3n) is 20.6. The summed E-state index contributed by atoms with van der Waals surface area (Å²) >= 11 is 7.43. The van der Waals surface area contributed by atoms with Crippen molar-refractivity contribution in [1.29, 1.82) is 0 Å². The lowest BCUT2D eigenvalue weighted by molar-refractivity contribution is 0.756. The summed E-state index contributed by atoms with van der Waals surface area (Å²) in [7, 11) is 0. The lowest BCUT2D eigenvalue weighted by atomic mass is 9.65. The maximum Gasteiger partial charge on any atom is 0.160 e. The van der Waals surface area contributed by atoms with Crippen molar-refractivity contribution < 1.29 is 0 Å². The van der Waals surface area contributed by atoms with Gasteiger partial charge in [0.25, 0.3) is 0 Å². The second-order valence-electron chi connectivity index (χ2n) is 26.0. The van der Waals surface area contributed by atoms with E-state index in [9.17, 15) is 0 Å². The number of benzene rings is 11. The maximum atomic E-state index is 5.17. The smallest absolute Gasteiger partial charge is 0.160 e. The molecule has 2 aliphatic carbocycles. The van der Waals surface area contributed by atoms with Crippen LogP contribution in [0.3, 0.4) is 0 Å². The molecule has 0 bridgehead atoms. The summed E-state index contributed by atoms with van der Waals surface area (Å²) in [5, 5.41) is 9.02. The van der Waals surface area contributed by atoms with Crippen molar-refractivity contribution in [3.05, 3.63) is 394 Å². The van der Waals surface area contributed by atoms with Crippen molar-refractivity contribution >= 4 is 79.5 Å². The van der Waals surface area contributed by atoms with Gasteiger partial charge in [0, 0.05) is 64.3 Å². The van der Waals surface area contributed by atoms with Gasteiger partial charge >= 0.3 is 0 Å². The molecule has 8 heterocycles. The van der Waals surface area contributed by atoms with E-state index >= 15 is 0 Å². The van der Waals surface area contributed by atoms with Crippen LogP contribution in [0.4, 0.5) is 34.1 Å². The van der Waals surface area contributed by atoms with Gasteiger partial charge in [-0.25, -0.2) is 19.9 Å². The van der Waals surface area contributed by atoms with Gasteiger partial charge in [-0.05, 0) is 162 Å². The first-order valence-corrected chi connectivity index (χ1v) is 37.7. The lowest BCUT2D eigenvalue weighted by Gasteiger charge is -2.44. The molecule has 2 spiro atoms. The summed E-state index contributed by atoms with van der Waals surface area (Å²) < 4.78 is 0. The van der Waals surface area contributed by atoms with Gasteiger partial charge in [-0.3, -0.25) is 0 Å². The predicted octanol–water partition coefficient (Wildman–Crippen LogP) is 25.2. The van der Waals surface area contributed by atoms with E-state index < -0.39 is 0 Å². The zero-order chi connectivity index (χ0) is 67.3. The van der Waals surface area contributed by atoms with Crippen LogP contribution in [-0.2, 0) is 10.8 Å². The molecule has 0 saturated carbocycles. The summed E-state index contributed by atoms with van der Waals surface area (Å²) in [6.45, 7) is 0. The van der Waals surface area contributed by atoms with Crippen molar-refractivity contribution in [2.75, 3.05) is 9.80 Å². The number of hydrogen-bond donors (Lipinski definition) is 0. The molecule has 0 unspecified atom stereocenters. The molecule has 6 aromatic heterocycles. The summed E-state index contributed by atoms with van der Waals surface area (Å²) in [5.41, 5.74) is 29.2. The Bertz CT molecular complexity index is 5800. The van der Waals surface area contributed by atoms with E-state index in [0.29, 0.717) is 11.6 Å². The Hall–Kier alpha value is -12.0. The number of para-hydroxylation sites is 4. The number of fused-ring (bicyclic) bond motifs is 18. The van der Waals surface area contributed by atoms with Gasteiger partial charge in [-0.15, -0.1) is 45.3 Å². The summed E-state index contributed by atoms with van der Waals surface area (Å²) in [5.74, 6) is 1.42. The van der Waals surface area contributed by atoms with Crippen molar-refractivity contribution in [3.63, 3.8) is 0 Å². The zero-order valence-corrected chi connectivity index (χ0v) is 58.1. The number of thiophene rings is 4. The Morgan fingerprint density at radius 1 is 0.206 bits per heavy atom. The van der Waals surface area contributed by atoms with E-state index in [1.54, 1.807) is 0 Å². The topological polar surface area (TPSA) is 58.0 Å². The third-order valence-corrected chi connectivity index (χ3v) is 24.6. The first-order valence-electron chi connectivity index (χ1n) is 34.2. The van der Waals surface area contributed by atoms with E-state index in [2.05, 4.69) is 323 Å². The molecular weight excluding hydrogens is 1320 g/mol. The minimum Gasteiger partial charge on any atom is -0.310 e. The predicted molar refractivity (Wildman–Crippen MR) is 425 cm³/mol. The van der Waals surface area contributed by atoms with Crippen molar-refractivity contribution in [3.8, 4) is 98.4 Å². The number of anilines is 6. The van der Waals surface area contributed by atoms with Crippen molar-refractivity contribution in [2.24, 2.45) is 0 Å². The minimum atomic E-state index is -0.353. The quantitative estimate of drug-likeness (QED) is 0.144. The van der Waals surface area contributed by atoms with E-state index in [1.165, 1.54) is 97.9 Å². The van der Waals surface area contributed by atoms with Crippen LogP contribution in [0.5, 0.6) is 0 Å². The molecule has 0 atom stereocenters. The summed E-state index contributed by atoms with van der Waals surface area (Å²) in [6, 6.07) is 117. The highest BCUT2D eigenvalue weighted by Gasteiger charge is 2.54. The molecular formula is C92H58N6S4. The fourth-order valence-corrected chi connectivity index (χ4v) is 20.4. The highest BCUT2D eigenvalue weighted by Crippen LogP contribution is 2.67. The third kappa shape index (κ3) is 9.41. The van der Waals surface area contributed by atoms with Crippen LogP contribution in [-0.4, -0.2) is 19.9 Å². The molecule has 102 heavy (non-hydrogen) atoms. The molecule has 0 fully saturated rings. The van der Waals surface area contributed by atoms with Crippen molar-refractivity contribution in [2.45, 2.75) is 10.8 Å². The van der Waals surface area contributed by atoms with Crippen LogP contribution in [0, 0.1) is 0 Å². The molecule has 11 aromatic carbocycles. The van der Waals surface area contributed by atoms with E-state index in [1.807, 2.05) is 81.7 Å². The molecule has 2 aliphatic heterocycles. The molecule has 6 nitrogen and oxygen atoms in total. The Labute approximate surface area is 607 Å². The van der Waals surface area contributed by atoms with Crippen LogP contribution < -0.4 is 9.80 Å². The number of hydrogen-bond acceptors (Lipinski definition) is 10. The standard InChI is InChI=1S/C49H31N3S2.C43H27N3S2/c1-3-11-32(12-4-1)33-19-21-36(22-20-33)48-50-42(34-13-5-2-6-14-34)31-43(51-48)35-23-25-37(26-24-35)52-44-17-9-7-15-38(44)49(39-16-8-10-18-45(39)52)40-27-29-53-46(40)47-41(49)28-30-54-47;1-3-12-28(13-4-1)36-27-37(45-42(44-36)29-14-5-2-6-15-29)30-16-11-17-31(26-30)46-38-20-9-7-18-32(38)43(33-19-8-10-21-39(33)46)34-22-24-47-40(34)41-35(43)23-25-48-41/h1-31H;1-27H. The average molecular weight is 1380 g/mol.